The van der Waals surface area contributed by atoms with Gasteiger partial charge in [0.25, 0.3) is 0 Å². The fraction of sp³-hybridized carbons (Fsp3) is 0.208. The molecule has 0 atom stereocenters. The van der Waals surface area contributed by atoms with Crippen molar-refractivity contribution in [1.29, 1.82) is 0 Å². The minimum Gasteiger partial charge on any atom is -0.318 e. The van der Waals surface area contributed by atoms with Gasteiger partial charge in [-0.2, -0.15) is 5.10 Å². The van der Waals surface area contributed by atoms with E-state index in [2.05, 4.69) is 52.5 Å². The lowest BCUT2D eigenvalue weighted by molar-refractivity contribution is -0.136. The molecule has 1 heterocycles. The number of aryl methyl sites for hydroxylation is 4. The van der Waals surface area contributed by atoms with E-state index < -0.39 is 11.8 Å². The van der Waals surface area contributed by atoms with Crippen LogP contribution in [0.4, 0.5) is 5.69 Å². The van der Waals surface area contributed by atoms with Crippen molar-refractivity contribution in [2.45, 2.75) is 34.6 Å². The van der Waals surface area contributed by atoms with Gasteiger partial charge in [0.1, 0.15) is 0 Å². The molecule has 0 bridgehead atoms. The molecular formula is C24H25ClN4O2. The van der Waals surface area contributed by atoms with Gasteiger partial charge in [-0.1, -0.05) is 35.4 Å². The van der Waals surface area contributed by atoms with Crippen LogP contribution in [0.3, 0.4) is 0 Å². The number of carbonyl (C=O) groups excluding carboxylic acids is 2. The van der Waals surface area contributed by atoms with Gasteiger partial charge in [-0.3, -0.25) is 9.59 Å². The second-order valence-corrected chi connectivity index (χ2v) is 8.00. The average Bonchev–Trinajstić information content (AvgIpc) is 2.98. The minimum absolute atomic E-state index is 0.471. The third kappa shape index (κ3) is 5.03. The van der Waals surface area contributed by atoms with E-state index >= 15 is 0 Å². The number of nitrogens with zero attached hydrogens (tertiary/aromatic N) is 2. The van der Waals surface area contributed by atoms with Crippen molar-refractivity contribution in [3.05, 3.63) is 81.1 Å². The van der Waals surface area contributed by atoms with Gasteiger partial charge in [0, 0.05) is 33.3 Å². The van der Waals surface area contributed by atoms with Crippen molar-refractivity contribution in [3.8, 4) is 5.69 Å². The zero-order valence-corrected chi connectivity index (χ0v) is 19.0. The Kier molecular flexibility index (Phi) is 6.61. The second kappa shape index (κ2) is 9.18. The Morgan fingerprint density at radius 1 is 0.935 bits per heavy atom. The number of amides is 2. The predicted octanol–water partition coefficient (Wildman–Crippen LogP) is 4.76. The molecule has 0 radical (unpaired) electrons. The molecule has 6 nitrogen and oxygen atoms in total. The lowest BCUT2D eigenvalue weighted by atomic mass is 10.1. The number of hydrazone groups is 1. The SMILES string of the molecule is Cc1ccc(-n2c(C)cc(/C=N\NC(=O)C(=O)Nc3cc(Cl)ccc3C)c2C)c(C)c1. The number of rotatable bonds is 4. The highest BCUT2D eigenvalue weighted by Gasteiger charge is 2.15. The van der Waals surface area contributed by atoms with Gasteiger partial charge in [0.15, 0.2) is 0 Å². The Morgan fingerprint density at radius 3 is 2.39 bits per heavy atom. The van der Waals surface area contributed by atoms with Gasteiger partial charge in [-0.05, 0) is 70.0 Å². The fourth-order valence-electron chi connectivity index (χ4n) is 3.46. The van der Waals surface area contributed by atoms with E-state index in [1.165, 1.54) is 17.3 Å². The standard InChI is InChI=1S/C24H25ClN4O2/c1-14-6-9-22(16(3)10-14)29-17(4)11-19(18(29)5)13-26-28-24(31)23(30)27-21-12-20(25)8-7-15(21)2/h6-13H,1-5H3,(H,27,30)(H,28,31)/b26-13-. The molecule has 0 fully saturated rings. The van der Waals surface area contributed by atoms with Crippen LogP contribution in [-0.4, -0.2) is 22.6 Å². The van der Waals surface area contributed by atoms with Crippen molar-refractivity contribution in [2.75, 3.05) is 5.32 Å². The second-order valence-electron chi connectivity index (χ2n) is 7.56. The molecule has 0 aliphatic rings. The lowest BCUT2D eigenvalue weighted by Gasteiger charge is -2.13. The maximum atomic E-state index is 12.1. The molecule has 2 amide bonds. The molecule has 7 heteroatoms. The number of hydrogen-bond acceptors (Lipinski definition) is 3. The van der Waals surface area contributed by atoms with E-state index in [4.69, 9.17) is 11.6 Å². The molecule has 2 aromatic carbocycles. The first-order valence-corrected chi connectivity index (χ1v) is 10.2. The number of carbonyl (C=O) groups is 2. The number of anilines is 1. The number of hydrogen-bond donors (Lipinski definition) is 2. The molecule has 160 valence electrons. The van der Waals surface area contributed by atoms with Crippen LogP contribution in [0.15, 0.2) is 47.6 Å². The van der Waals surface area contributed by atoms with Gasteiger partial charge in [0.2, 0.25) is 0 Å². The molecule has 31 heavy (non-hydrogen) atoms. The third-order valence-electron chi connectivity index (χ3n) is 5.09. The smallest absolute Gasteiger partial charge is 0.318 e. The highest BCUT2D eigenvalue weighted by atomic mass is 35.5. The van der Waals surface area contributed by atoms with Gasteiger partial charge in [-0.25, -0.2) is 5.43 Å². The van der Waals surface area contributed by atoms with Crippen LogP contribution >= 0.6 is 11.6 Å². The Bertz CT molecular complexity index is 1190. The summed E-state index contributed by atoms with van der Waals surface area (Å²) in [6, 6.07) is 13.4. The molecule has 1 aromatic heterocycles. The first-order valence-electron chi connectivity index (χ1n) is 9.84. The largest absolute Gasteiger partial charge is 0.329 e. The zero-order valence-electron chi connectivity index (χ0n) is 18.2. The molecule has 3 aromatic rings. The Balaban J connectivity index is 1.72. The van der Waals surface area contributed by atoms with Crippen LogP contribution in [-0.2, 0) is 9.59 Å². The summed E-state index contributed by atoms with van der Waals surface area (Å²) >= 11 is 5.95. The topological polar surface area (TPSA) is 75.5 Å². The van der Waals surface area contributed by atoms with Crippen LogP contribution in [0.1, 0.15) is 33.6 Å². The van der Waals surface area contributed by atoms with E-state index in [1.54, 1.807) is 18.2 Å². The van der Waals surface area contributed by atoms with Crippen molar-refractivity contribution in [3.63, 3.8) is 0 Å². The summed E-state index contributed by atoms with van der Waals surface area (Å²) in [5.74, 6) is -1.68. The maximum absolute atomic E-state index is 12.1. The quantitative estimate of drug-likeness (QED) is 0.351. The van der Waals surface area contributed by atoms with Gasteiger partial charge < -0.3 is 9.88 Å². The van der Waals surface area contributed by atoms with Crippen LogP contribution in [0.2, 0.25) is 5.02 Å². The Labute approximate surface area is 186 Å². The molecule has 2 N–H and O–H groups in total. The summed E-state index contributed by atoms with van der Waals surface area (Å²) in [6.07, 6.45) is 1.54. The number of aromatic nitrogens is 1. The highest BCUT2D eigenvalue weighted by Crippen LogP contribution is 2.23. The summed E-state index contributed by atoms with van der Waals surface area (Å²) in [5.41, 5.74) is 9.92. The maximum Gasteiger partial charge on any atom is 0.329 e. The monoisotopic (exact) mass is 436 g/mol. The molecule has 0 aliphatic carbocycles. The van der Waals surface area contributed by atoms with E-state index in [9.17, 15) is 9.59 Å². The first-order chi connectivity index (χ1) is 14.7. The van der Waals surface area contributed by atoms with Crippen LogP contribution < -0.4 is 10.7 Å². The number of nitrogens with one attached hydrogen (secondary N) is 2. The fourth-order valence-corrected chi connectivity index (χ4v) is 3.64. The summed E-state index contributed by atoms with van der Waals surface area (Å²) < 4.78 is 2.15. The van der Waals surface area contributed by atoms with Crippen molar-refractivity contribution < 1.29 is 9.59 Å². The van der Waals surface area contributed by atoms with E-state index in [0.29, 0.717) is 10.7 Å². The molecule has 0 saturated carbocycles. The van der Waals surface area contributed by atoms with Crippen LogP contribution in [0.25, 0.3) is 5.69 Å². The van der Waals surface area contributed by atoms with Crippen molar-refractivity contribution in [1.82, 2.24) is 9.99 Å². The van der Waals surface area contributed by atoms with E-state index in [-0.39, 0.29) is 0 Å². The molecule has 0 aliphatic heterocycles. The Morgan fingerprint density at radius 2 is 1.68 bits per heavy atom. The van der Waals surface area contributed by atoms with Gasteiger partial charge in [-0.15, -0.1) is 0 Å². The molecule has 0 saturated heterocycles. The highest BCUT2D eigenvalue weighted by molar-refractivity contribution is 6.40. The van der Waals surface area contributed by atoms with Crippen LogP contribution in [0.5, 0.6) is 0 Å². The van der Waals surface area contributed by atoms with E-state index in [0.717, 1.165) is 28.2 Å². The number of benzene rings is 2. The van der Waals surface area contributed by atoms with Crippen molar-refractivity contribution in [2.24, 2.45) is 5.10 Å². The van der Waals surface area contributed by atoms with E-state index in [1.807, 2.05) is 26.8 Å². The molecule has 3 rings (SSSR count). The summed E-state index contributed by atoms with van der Waals surface area (Å²) in [7, 11) is 0. The van der Waals surface area contributed by atoms with Gasteiger partial charge >= 0.3 is 11.8 Å². The summed E-state index contributed by atoms with van der Waals surface area (Å²) in [6.45, 7) is 9.97. The Hall–Kier alpha value is -3.38. The van der Waals surface area contributed by atoms with Crippen molar-refractivity contribution >= 4 is 35.3 Å². The summed E-state index contributed by atoms with van der Waals surface area (Å²) in [5, 5.41) is 6.98. The zero-order chi connectivity index (χ0) is 22.7. The summed E-state index contributed by atoms with van der Waals surface area (Å²) in [4.78, 5) is 24.3. The molecule has 0 unspecified atom stereocenters. The minimum atomic E-state index is -0.862. The van der Waals surface area contributed by atoms with Gasteiger partial charge in [0.05, 0.1) is 6.21 Å². The number of halogens is 1. The average molecular weight is 437 g/mol. The lowest BCUT2D eigenvalue weighted by Crippen LogP contribution is -2.32. The molecule has 0 spiro atoms. The predicted molar refractivity (Wildman–Crippen MR) is 125 cm³/mol. The van der Waals surface area contributed by atoms with Crippen LogP contribution in [0, 0.1) is 34.6 Å². The normalized spacial score (nSPS) is 11.0. The first kappa shape index (κ1) is 22.3. The third-order valence-corrected chi connectivity index (χ3v) is 5.32. The molecular weight excluding hydrogens is 412 g/mol.